The van der Waals surface area contributed by atoms with Crippen molar-refractivity contribution in [3.63, 3.8) is 0 Å². The number of phenolic OH excluding ortho intramolecular Hbond substituents is 1. The van der Waals surface area contributed by atoms with Gasteiger partial charge in [-0.15, -0.1) is 0 Å². The van der Waals surface area contributed by atoms with Crippen molar-refractivity contribution in [2.75, 3.05) is 116 Å². The summed E-state index contributed by atoms with van der Waals surface area (Å²) in [6.07, 6.45) is 0.591. The highest BCUT2D eigenvalue weighted by molar-refractivity contribution is 6.35. The van der Waals surface area contributed by atoms with Gasteiger partial charge >= 0.3 is 6.03 Å². The molecule has 2 saturated heterocycles. The summed E-state index contributed by atoms with van der Waals surface area (Å²) in [5, 5.41) is 17.8. The average Bonchev–Trinajstić information content (AvgIpc) is 3.69. The number of rotatable bonds is 23. The number of likely N-dealkylation sites (N-methyl/N-ethyl adjacent to an activating group) is 1. The lowest BCUT2D eigenvalue weighted by Gasteiger charge is -2.35. The molecule has 4 aromatic carbocycles. The van der Waals surface area contributed by atoms with Crippen molar-refractivity contribution in [2.24, 2.45) is 5.73 Å². The first-order valence-corrected chi connectivity index (χ1v) is 24.1. The van der Waals surface area contributed by atoms with Gasteiger partial charge in [0, 0.05) is 82.2 Å². The molecule has 3 aliphatic heterocycles. The largest absolute Gasteiger partial charge is 0.508 e. The van der Waals surface area contributed by atoms with Crippen LogP contribution in [0.4, 0.5) is 21.0 Å². The molecule has 5 N–H and O–H groups in total. The number of aromatic nitrogens is 2. The third kappa shape index (κ3) is 12.4. The van der Waals surface area contributed by atoms with E-state index in [1.165, 1.54) is 15.9 Å². The van der Waals surface area contributed by atoms with E-state index >= 15 is 4.39 Å². The highest BCUT2D eigenvalue weighted by Gasteiger charge is 2.39. The number of hydrogen-bond acceptors (Lipinski definition) is 15. The van der Waals surface area contributed by atoms with E-state index in [9.17, 15) is 29.1 Å². The lowest BCUT2D eigenvalue weighted by Crippen LogP contribution is -2.52. The zero-order chi connectivity index (χ0) is 50.7. The Morgan fingerprint density at radius 3 is 2.28 bits per heavy atom. The van der Waals surface area contributed by atoms with Gasteiger partial charge in [0.1, 0.15) is 35.5 Å². The van der Waals surface area contributed by atoms with Crippen LogP contribution in [0.5, 0.6) is 11.5 Å². The minimum Gasteiger partial charge on any atom is -0.508 e. The second kappa shape index (κ2) is 24.0. The van der Waals surface area contributed by atoms with Gasteiger partial charge in [-0.2, -0.15) is 4.98 Å². The molecule has 3 aliphatic rings. The lowest BCUT2D eigenvalue weighted by atomic mass is 9.96. The number of nitrogens with one attached hydrogen (secondary N) is 2. The molecule has 72 heavy (non-hydrogen) atoms. The number of amides is 6. The number of fused-ring (bicyclic) bond motifs is 3. The molecule has 0 radical (unpaired) electrons. The SMILES string of the molecule is CN(CCOCCOCCOCCOCCOc1ccc2c(c1)CN(C1CCC(=O)NC1=O)C2=O)C(=O)CCNc1nc(N2CCN(C(N)=O)CC2)c2cc(Cl)c(-c3cc(O)cc4ccccc34)c(F)c2n1. The number of hydrogen-bond donors (Lipinski definition) is 4. The van der Waals surface area contributed by atoms with Crippen molar-refractivity contribution in [1.29, 1.82) is 0 Å². The molecule has 0 aliphatic carbocycles. The summed E-state index contributed by atoms with van der Waals surface area (Å²) in [6, 6.07) is 15.9. The number of nitrogens with zero attached hydrogens (tertiary/aromatic N) is 6. The fourth-order valence-electron chi connectivity index (χ4n) is 8.81. The third-order valence-electron chi connectivity index (χ3n) is 12.6. The number of imide groups is 1. The highest BCUT2D eigenvalue weighted by atomic mass is 35.5. The van der Waals surface area contributed by atoms with E-state index in [2.05, 4.69) is 15.6 Å². The van der Waals surface area contributed by atoms with E-state index in [4.69, 9.17) is 46.0 Å². The summed E-state index contributed by atoms with van der Waals surface area (Å²) in [5.41, 5.74) is 7.27. The topological polar surface area (TPSA) is 241 Å². The molecule has 0 bridgehead atoms. The molecule has 0 spiro atoms. The van der Waals surface area contributed by atoms with Gasteiger partial charge in [0.25, 0.3) is 5.91 Å². The average molecular weight is 1010 g/mol. The molecule has 22 heteroatoms. The van der Waals surface area contributed by atoms with Crippen molar-refractivity contribution in [3.8, 4) is 22.6 Å². The van der Waals surface area contributed by atoms with Crippen LogP contribution >= 0.6 is 11.6 Å². The standard InChI is InChI=1S/C50H57ClFN9O11/c1-58(16-17-68-18-19-69-20-21-70-22-23-71-24-25-72-34-6-7-36-32(27-34)30-61(48(36)66)40-8-9-41(63)55-47(40)65)42(64)10-11-54-50-56-45-38(46(57-50)59-12-14-60(15-13-59)49(53)67)29-39(51)43(44(45)52)37-28-33(62)26-31-4-2-3-5-35(31)37/h2-7,26-29,40,62H,8-25,30H2,1H3,(H2,53,67)(H,54,56,57)(H,55,63,65). The van der Waals surface area contributed by atoms with Crippen LogP contribution in [-0.2, 0) is 39.9 Å². The molecule has 1 aromatic heterocycles. The van der Waals surface area contributed by atoms with Gasteiger partial charge in [-0.25, -0.2) is 14.2 Å². The molecule has 6 amide bonds. The van der Waals surface area contributed by atoms with Crippen LogP contribution in [0.1, 0.15) is 35.2 Å². The predicted octanol–water partition coefficient (Wildman–Crippen LogP) is 4.32. The number of nitrogens with two attached hydrogens (primary N) is 1. The summed E-state index contributed by atoms with van der Waals surface area (Å²) < 4.78 is 45.1. The number of carbonyl (C=O) groups excluding carboxylic acids is 5. The molecule has 1 unspecified atom stereocenters. The first-order valence-electron chi connectivity index (χ1n) is 23.8. The van der Waals surface area contributed by atoms with Gasteiger partial charge in [-0.1, -0.05) is 35.9 Å². The van der Waals surface area contributed by atoms with E-state index in [1.54, 1.807) is 42.3 Å². The molecule has 4 heterocycles. The van der Waals surface area contributed by atoms with E-state index in [0.717, 1.165) is 5.56 Å². The number of carbonyl (C=O) groups is 5. The van der Waals surface area contributed by atoms with Crippen LogP contribution in [-0.4, -0.2) is 171 Å². The maximum atomic E-state index is 16.9. The lowest BCUT2D eigenvalue weighted by molar-refractivity contribution is -0.137. The van der Waals surface area contributed by atoms with Crippen molar-refractivity contribution >= 4 is 74.7 Å². The zero-order valence-electron chi connectivity index (χ0n) is 39.8. The highest BCUT2D eigenvalue weighted by Crippen LogP contribution is 2.42. The summed E-state index contributed by atoms with van der Waals surface area (Å²) >= 11 is 6.84. The maximum Gasteiger partial charge on any atom is 0.314 e. The number of primary amides is 1. The van der Waals surface area contributed by atoms with Gasteiger partial charge in [-0.3, -0.25) is 24.5 Å². The molecule has 8 rings (SSSR count). The van der Waals surface area contributed by atoms with Gasteiger partial charge < -0.3 is 59.4 Å². The Balaban J connectivity index is 0.711. The second-order valence-corrected chi connectivity index (χ2v) is 17.8. The smallest absolute Gasteiger partial charge is 0.314 e. The number of anilines is 2. The number of urea groups is 1. The van der Waals surface area contributed by atoms with Crippen molar-refractivity contribution in [3.05, 3.63) is 82.6 Å². The number of ether oxygens (including phenoxy) is 5. The fraction of sp³-hybridized carbons (Fsp3) is 0.420. The van der Waals surface area contributed by atoms with Crippen LogP contribution in [0.2, 0.25) is 5.02 Å². The molecule has 5 aromatic rings. The fourth-order valence-corrected chi connectivity index (χ4v) is 9.10. The molecular weight excluding hydrogens is 957 g/mol. The van der Waals surface area contributed by atoms with Crippen LogP contribution < -0.4 is 26.0 Å². The minimum atomic E-state index is -0.702. The van der Waals surface area contributed by atoms with E-state index in [1.807, 2.05) is 29.2 Å². The summed E-state index contributed by atoms with van der Waals surface area (Å²) in [5.74, 6) is -0.836. The van der Waals surface area contributed by atoms with Crippen LogP contribution in [0.15, 0.2) is 60.7 Å². The quantitative estimate of drug-likeness (QED) is 0.0527. The minimum absolute atomic E-state index is 0.00690. The third-order valence-corrected chi connectivity index (χ3v) is 12.9. The Morgan fingerprint density at radius 2 is 1.57 bits per heavy atom. The molecule has 0 saturated carbocycles. The van der Waals surface area contributed by atoms with Crippen molar-refractivity contribution in [1.82, 2.24) is 30.0 Å². The molecule has 382 valence electrons. The van der Waals surface area contributed by atoms with Crippen LogP contribution in [0.3, 0.4) is 0 Å². The van der Waals surface area contributed by atoms with E-state index in [0.29, 0.717) is 137 Å². The van der Waals surface area contributed by atoms with Crippen LogP contribution in [0.25, 0.3) is 32.8 Å². The first kappa shape index (κ1) is 51.4. The summed E-state index contributed by atoms with van der Waals surface area (Å²) in [6.45, 7) is 5.25. The Morgan fingerprint density at radius 1 is 0.875 bits per heavy atom. The monoisotopic (exact) mass is 1010 g/mol. The van der Waals surface area contributed by atoms with Gasteiger partial charge in [0.05, 0.1) is 57.9 Å². The van der Waals surface area contributed by atoms with E-state index in [-0.39, 0.29) is 71.5 Å². The number of piperazine rings is 1. The Hall–Kier alpha value is -6.91. The number of phenols is 1. The summed E-state index contributed by atoms with van der Waals surface area (Å²) in [4.78, 5) is 77.4. The second-order valence-electron chi connectivity index (χ2n) is 17.4. The normalized spacial score (nSPS) is 15.8. The Labute approximate surface area is 419 Å². The predicted molar refractivity (Wildman–Crippen MR) is 264 cm³/mol. The molecule has 1 atom stereocenters. The van der Waals surface area contributed by atoms with Gasteiger partial charge in [0.2, 0.25) is 23.7 Å². The molecular formula is C50H57ClFN9O11. The van der Waals surface area contributed by atoms with Crippen LogP contribution in [0, 0.1) is 5.82 Å². The summed E-state index contributed by atoms with van der Waals surface area (Å²) in [7, 11) is 1.68. The van der Waals surface area contributed by atoms with Gasteiger partial charge in [0.15, 0.2) is 5.82 Å². The number of halogens is 2. The van der Waals surface area contributed by atoms with Crippen molar-refractivity contribution < 1.29 is 57.2 Å². The molecule has 20 nitrogen and oxygen atoms in total. The maximum absolute atomic E-state index is 16.9. The zero-order valence-corrected chi connectivity index (χ0v) is 40.6. The number of benzene rings is 4. The van der Waals surface area contributed by atoms with E-state index < -0.39 is 23.8 Å². The Bertz CT molecular complexity index is 2820. The Kier molecular flexibility index (Phi) is 17.2. The first-order chi connectivity index (χ1) is 34.9. The molecule has 2 fully saturated rings. The number of piperidine rings is 1. The number of aromatic hydroxyl groups is 1. The van der Waals surface area contributed by atoms with Crippen molar-refractivity contribution in [2.45, 2.75) is 31.8 Å². The van der Waals surface area contributed by atoms with Gasteiger partial charge in [-0.05, 0) is 64.7 Å².